The van der Waals surface area contributed by atoms with Gasteiger partial charge in [-0.05, 0) is 35.3 Å². The molecule has 1 aromatic rings. The van der Waals surface area contributed by atoms with Crippen molar-refractivity contribution in [2.75, 3.05) is 18.1 Å². The minimum atomic E-state index is -1.10. The fourth-order valence-electron chi connectivity index (χ4n) is 5.50. The fourth-order valence-corrected chi connectivity index (χ4v) is 5.50. The second kappa shape index (κ2) is 6.66. The summed E-state index contributed by atoms with van der Waals surface area (Å²) in [5.74, 6) is -0.119. The summed E-state index contributed by atoms with van der Waals surface area (Å²) in [6, 6.07) is 1.42. The first-order chi connectivity index (χ1) is 13.7. The Labute approximate surface area is 170 Å². The highest BCUT2D eigenvalue weighted by atomic mass is 19.1. The van der Waals surface area contributed by atoms with Crippen molar-refractivity contribution >= 4 is 5.91 Å². The monoisotopic (exact) mass is 404 g/mol. The predicted molar refractivity (Wildman–Crippen MR) is 103 cm³/mol. The number of rotatable bonds is 5. The van der Waals surface area contributed by atoms with Gasteiger partial charge in [-0.1, -0.05) is 20.8 Å². The van der Waals surface area contributed by atoms with Crippen molar-refractivity contribution in [3.8, 4) is 6.07 Å². The number of hydrogen-bond donors (Lipinski definition) is 1. The molecule has 158 valence electrons. The summed E-state index contributed by atoms with van der Waals surface area (Å²) in [4.78, 5) is 15.9. The topological polar surface area (TPSA) is 98.0 Å². The normalized spacial score (nSPS) is 35.3. The third-order valence-corrected chi connectivity index (χ3v) is 8.11. The van der Waals surface area contributed by atoms with E-state index in [0.29, 0.717) is 18.5 Å². The first kappa shape index (κ1) is 20.1. The number of aliphatic hydroxyl groups excluding tert-OH is 1. The lowest BCUT2D eigenvalue weighted by molar-refractivity contribution is -0.132. The molecule has 1 aromatic heterocycles. The maximum atomic E-state index is 13.7. The van der Waals surface area contributed by atoms with Gasteiger partial charge in [0.2, 0.25) is 5.91 Å². The van der Waals surface area contributed by atoms with Crippen LogP contribution in [0.1, 0.15) is 58.6 Å². The van der Waals surface area contributed by atoms with E-state index in [0.717, 1.165) is 19.4 Å². The Morgan fingerprint density at radius 2 is 2.17 bits per heavy atom. The van der Waals surface area contributed by atoms with Crippen LogP contribution in [0.2, 0.25) is 0 Å². The summed E-state index contributed by atoms with van der Waals surface area (Å²) in [6.45, 7) is 7.50. The number of carbonyl (C=O) groups is 1. The molecule has 4 atom stereocenters. The standard InChI is InChI=1S/C20H29FN6O2/c1-18(2)19(3,5-4-17(29)25-10-14(21)8-16(25)9-22)6-7-20(18)13-26(20)27-11-15(12-28)23-24-27/h11,14,16,28H,4-8,10,12-13H2,1-3H3. The van der Waals surface area contributed by atoms with Gasteiger partial charge in [0.25, 0.3) is 0 Å². The van der Waals surface area contributed by atoms with Crippen LogP contribution in [0.15, 0.2) is 6.20 Å². The van der Waals surface area contributed by atoms with Crippen molar-refractivity contribution in [2.24, 2.45) is 10.8 Å². The molecule has 1 N–H and O–H groups in total. The van der Waals surface area contributed by atoms with Crippen molar-refractivity contribution in [3.05, 3.63) is 11.9 Å². The molecule has 2 aliphatic heterocycles. The highest BCUT2D eigenvalue weighted by Gasteiger charge is 2.71. The Hall–Kier alpha value is -2.21. The van der Waals surface area contributed by atoms with Gasteiger partial charge in [0.05, 0.1) is 37.5 Å². The Bertz CT molecular complexity index is 850. The van der Waals surface area contributed by atoms with Crippen molar-refractivity contribution in [1.82, 2.24) is 20.0 Å². The number of alkyl halides is 1. The van der Waals surface area contributed by atoms with E-state index >= 15 is 0 Å². The predicted octanol–water partition coefficient (Wildman–Crippen LogP) is 1.53. The number of aliphatic hydroxyl groups is 1. The molecule has 4 rings (SSSR count). The lowest BCUT2D eigenvalue weighted by Crippen LogP contribution is -2.44. The van der Waals surface area contributed by atoms with Gasteiger partial charge in [-0.25, -0.2) is 4.39 Å². The summed E-state index contributed by atoms with van der Waals surface area (Å²) in [5, 5.41) is 28.8. The number of carbonyl (C=O) groups excluding carboxylic acids is 1. The summed E-state index contributed by atoms with van der Waals surface area (Å²) in [6.07, 6.45) is 3.80. The number of nitrogens with zero attached hydrogens (tertiary/aromatic N) is 6. The molecule has 8 nitrogen and oxygen atoms in total. The van der Waals surface area contributed by atoms with E-state index in [4.69, 9.17) is 0 Å². The van der Waals surface area contributed by atoms with E-state index in [2.05, 4.69) is 42.2 Å². The van der Waals surface area contributed by atoms with Gasteiger partial charge in [-0.15, -0.1) is 5.10 Å². The molecule has 0 aromatic carbocycles. The van der Waals surface area contributed by atoms with Gasteiger partial charge in [0, 0.05) is 12.8 Å². The molecule has 29 heavy (non-hydrogen) atoms. The molecule has 3 aliphatic rings. The van der Waals surface area contributed by atoms with Crippen LogP contribution < -0.4 is 5.01 Å². The molecule has 3 fully saturated rings. The van der Waals surface area contributed by atoms with Crippen LogP contribution in [0.3, 0.4) is 0 Å². The molecule has 1 aliphatic carbocycles. The van der Waals surface area contributed by atoms with E-state index in [1.165, 1.54) is 4.90 Å². The van der Waals surface area contributed by atoms with Crippen LogP contribution in [0.25, 0.3) is 0 Å². The van der Waals surface area contributed by atoms with Crippen LogP contribution >= 0.6 is 0 Å². The lowest BCUT2D eigenvalue weighted by atomic mass is 9.63. The molecule has 2 saturated heterocycles. The number of nitriles is 1. The van der Waals surface area contributed by atoms with Gasteiger partial charge in [-0.2, -0.15) is 10.1 Å². The van der Waals surface area contributed by atoms with E-state index in [1.807, 2.05) is 0 Å². The molecular weight excluding hydrogens is 375 g/mol. The second-order valence-electron chi connectivity index (χ2n) is 9.59. The molecule has 0 bridgehead atoms. The Kier molecular flexibility index (Phi) is 4.61. The molecule has 0 radical (unpaired) electrons. The zero-order valence-electron chi connectivity index (χ0n) is 17.3. The van der Waals surface area contributed by atoms with Crippen LogP contribution in [0.4, 0.5) is 4.39 Å². The number of hydrogen-bond acceptors (Lipinski definition) is 6. The maximum absolute atomic E-state index is 13.7. The van der Waals surface area contributed by atoms with Gasteiger partial charge in [0.1, 0.15) is 17.9 Å². The second-order valence-corrected chi connectivity index (χ2v) is 9.59. The molecule has 1 spiro atoms. The minimum absolute atomic E-state index is 0.0361. The quantitative estimate of drug-likeness (QED) is 0.748. The first-order valence-corrected chi connectivity index (χ1v) is 10.3. The third-order valence-electron chi connectivity index (χ3n) is 8.11. The number of aromatic nitrogens is 3. The van der Waals surface area contributed by atoms with Crippen LogP contribution in [-0.2, 0) is 11.4 Å². The van der Waals surface area contributed by atoms with Crippen LogP contribution in [0.5, 0.6) is 0 Å². The molecule has 4 unspecified atom stereocenters. The summed E-state index contributed by atoms with van der Waals surface area (Å²) in [7, 11) is 0. The Morgan fingerprint density at radius 1 is 1.41 bits per heavy atom. The first-order valence-electron chi connectivity index (χ1n) is 10.3. The van der Waals surface area contributed by atoms with Gasteiger partial charge < -0.3 is 10.0 Å². The summed E-state index contributed by atoms with van der Waals surface area (Å²) < 4.78 is 13.7. The van der Waals surface area contributed by atoms with Crippen LogP contribution in [-0.4, -0.2) is 61.9 Å². The molecular formula is C20H29FN6O2. The average Bonchev–Trinajstić information content (AvgIpc) is 2.98. The van der Waals surface area contributed by atoms with Gasteiger partial charge in [0.15, 0.2) is 0 Å². The van der Waals surface area contributed by atoms with E-state index < -0.39 is 12.2 Å². The average molecular weight is 404 g/mol. The maximum Gasteiger partial charge on any atom is 0.223 e. The van der Waals surface area contributed by atoms with Crippen LogP contribution in [0, 0.1) is 22.2 Å². The zero-order valence-corrected chi connectivity index (χ0v) is 17.3. The minimum Gasteiger partial charge on any atom is -0.390 e. The Morgan fingerprint density at radius 3 is 2.83 bits per heavy atom. The van der Waals surface area contributed by atoms with Crippen molar-refractivity contribution < 1.29 is 14.3 Å². The number of amides is 1. The van der Waals surface area contributed by atoms with E-state index in [-0.39, 0.29) is 41.8 Å². The molecule has 3 heterocycles. The molecule has 9 heteroatoms. The van der Waals surface area contributed by atoms with Gasteiger partial charge >= 0.3 is 0 Å². The lowest BCUT2D eigenvalue weighted by Gasteiger charge is -2.42. The zero-order chi connectivity index (χ0) is 21.0. The van der Waals surface area contributed by atoms with E-state index in [9.17, 15) is 19.6 Å². The van der Waals surface area contributed by atoms with Crippen molar-refractivity contribution in [3.63, 3.8) is 0 Å². The van der Waals surface area contributed by atoms with Crippen molar-refractivity contribution in [1.29, 1.82) is 5.26 Å². The number of likely N-dealkylation sites (tertiary alicyclic amines) is 1. The SMILES string of the molecule is CC1(CCC(=O)N2CC(F)CC2C#N)CCC2(CN2n2cc(CO)nn2)C1(C)C. The fraction of sp³-hybridized carbons (Fsp3) is 0.800. The summed E-state index contributed by atoms with van der Waals surface area (Å²) >= 11 is 0. The highest BCUT2D eigenvalue weighted by Crippen LogP contribution is 2.66. The van der Waals surface area contributed by atoms with Gasteiger partial charge in [-0.3, -0.25) is 9.80 Å². The Balaban J connectivity index is 1.44. The largest absolute Gasteiger partial charge is 0.390 e. The van der Waals surface area contributed by atoms with E-state index in [1.54, 1.807) is 11.0 Å². The number of halogens is 1. The molecule has 1 amide bonds. The summed E-state index contributed by atoms with van der Waals surface area (Å²) in [5.41, 5.74) is 0.362. The molecule has 1 saturated carbocycles. The highest BCUT2D eigenvalue weighted by molar-refractivity contribution is 5.77. The smallest absolute Gasteiger partial charge is 0.223 e. The van der Waals surface area contributed by atoms with Crippen molar-refractivity contribution in [2.45, 2.75) is 77.2 Å². The third kappa shape index (κ3) is 2.91.